The summed E-state index contributed by atoms with van der Waals surface area (Å²) < 4.78 is 30.4. The Labute approximate surface area is 162 Å². The summed E-state index contributed by atoms with van der Waals surface area (Å²) in [4.78, 5) is 18.4. The number of hydrogen-bond acceptors (Lipinski definition) is 5. The molecule has 0 bridgehead atoms. The second-order valence-corrected chi connectivity index (χ2v) is 10.8. The van der Waals surface area contributed by atoms with Crippen LogP contribution in [0.15, 0.2) is 18.2 Å². The fourth-order valence-corrected chi connectivity index (χ4v) is 6.44. The van der Waals surface area contributed by atoms with Gasteiger partial charge in [0, 0.05) is 31.1 Å². The highest BCUT2D eigenvalue weighted by molar-refractivity contribution is 7.93. The fourth-order valence-electron chi connectivity index (χ4n) is 4.04. The van der Waals surface area contributed by atoms with Crippen molar-refractivity contribution < 1.29 is 17.9 Å². The Morgan fingerprint density at radius 1 is 1.37 bits per heavy atom. The first kappa shape index (κ1) is 20.3. The molecule has 27 heavy (non-hydrogen) atoms. The van der Waals surface area contributed by atoms with Gasteiger partial charge in [-0.05, 0) is 37.8 Å². The second-order valence-electron chi connectivity index (χ2n) is 8.34. The second kappa shape index (κ2) is 7.87. The van der Waals surface area contributed by atoms with Crippen molar-refractivity contribution in [2.75, 3.05) is 25.4 Å². The van der Waals surface area contributed by atoms with Gasteiger partial charge in [-0.25, -0.2) is 8.42 Å². The number of aromatic nitrogens is 1. The first-order valence-electron chi connectivity index (χ1n) is 9.74. The van der Waals surface area contributed by atoms with Gasteiger partial charge in [0.1, 0.15) is 4.75 Å². The van der Waals surface area contributed by atoms with Crippen molar-refractivity contribution in [3.63, 3.8) is 0 Å². The molecule has 0 saturated carbocycles. The summed E-state index contributed by atoms with van der Waals surface area (Å²) in [7, 11) is -3.19. The topological polar surface area (TPSA) is 76.6 Å². The first-order valence-corrected chi connectivity index (χ1v) is 11.4. The van der Waals surface area contributed by atoms with Gasteiger partial charge in [-0.3, -0.25) is 9.78 Å². The standard InChI is InChI=1S/C20H30N2O4S/c1-15(2)7-8-19(23)22-13-20(14-22)17(9-10-27(20,24)25)11-26-12-18-6-4-5-16(3)21-18/h4-6,15,17H,7-14H2,1-3H3/t17-/m1/s1. The molecule has 2 saturated heterocycles. The summed E-state index contributed by atoms with van der Waals surface area (Å²) in [6, 6.07) is 5.78. The van der Waals surface area contributed by atoms with Gasteiger partial charge in [0.15, 0.2) is 9.84 Å². The average Bonchev–Trinajstić information content (AvgIpc) is 2.82. The molecule has 0 aromatic carbocycles. The van der Waals surface area contributed by atoms with Crippen LogP contribution in [0.2, 0.25) is 0 Å². The van der Waals surface area contributed by atoms with Crippen LogP contribution in [0, 0.1) is 18.8 Å². The number of ether oxygens (including phenoxy) is 1. The van der Waals surface area contributed by atoms with Gasteiger partial charge in [0.2, 0.25) is 5.91 Å². The van der Waals surface area contributed by atoms with Crippen LogP contribution in [-0.4, -0.2) is 54.4 Å². The lowest BCUT2D eigenvalue weighted by Gasteiger charge is -2.50. The van der Waals surface area contributed by atoms with Crippen molar-refractivity contribution in [1.29, 1.82) is 0 Å². The number of nitrogens with zero attached hydrogens (tertiary/aromatic N) is 2. The lowest BCUT2D eigenvalue weighted by atomic mass is 9.83. The molecule has 0 radical (unpaired) electrons. The third-order valence-corrected chi connectivity index (χ3v) is 8.42. The zero-order chi connectivity index (χ0) is 19.7. The molecular weight excluding hydrogens is 364 g/mol. The Kier molecular flexibility index (Phi) is 5.91. The van der Waals surface area contributed by atoms with Crippen molar-refractivity contribution in [2.24, 2.45) is 11.8 Å². The van der Waals surface area contributed by atoms with E-state index < -0.39 is 14.6 Å². The minimum Gasteiger partial charge on any atom is -0.375 e. The van der Waals surface area contributed by atoms with Gasteiger partial charge in [-0.15, -0.1) is 0 Å². The molecule has 0 unspecified atom stereocenters. The summed E-state index contributed by atoms with van der Waals surface area (Å²) in [5, 5.41) is 0. The maximum Gasteiger partial charge on any atom is 0.222 e. The van der Waals surface area contributed by atoms with Crippen LogP contribution in [0.4, 0.5) is 0 Å². The molecule has 150 valence electrons. The summed E-state index contributed by atoms with van der Waals surface area (Å²) >= 11 is 0. The van der Waals surface area contributed by atoms with E-state index >= 15 is 0 Å². The molecule has 1 atom stereocenters. The number of aryl methyl sites for hydroxylation is 1. The number of sulfone groups is 1. The normalized spacial score (nSPS) is 23.0. The molecule has 2 aliphatic rings. The number of carbonyl (C=O) groups is 1. The minimum absolute atomic E-state index is 0.0542. The third-order valence-electron chi connectivity index (χ3n) is 5.82. The van der Waals surface area contributed by atoms with E-state index in [1.54, 1.807) is 4.90 Å². The zero-order valence-corrected chi connectivity index (χ0v) is 17.3. The predicted octanol–water partition coefficient (Wildman–Crippen LogP) is 2.36. The fraction of sp³-hybridized carbons (Fsp3) is 0.700. The number of pyridine rings is 1. The summed E-state index contributed by atoms with van der Waals surface area (Å²) in [5.74, 6) is 0.676. The highest BCUT2D eigenvalue weighted by atomic mass is 32.2. The van der Waals surface area contributed by atoms with Crippen LogP contribution >= 0.6 is 0 Å². The summed E-state index contributed by atoms with van der Waals surface area (Å²) in [6.07, 6.45) is 1.94. The maximum atomic E-state index is 12.7. The van der Waals surface area contributed by atoms with E-state index in [2.05, 4.69) is 18.8 Å². The van der Waals surface area contributed by atoms with Gasteiger partial charge in [0.05, 0.1) is 24.7 Å². The zero-order valence-electron chi connectivity index (χ0n) is 16.5. The summed E-state index contributed by atoms with van der Waals surface area (Å²) in [6.45, 7) is 7.52. The molecule has 2 aliphatic heterocycles. The maximum absolute atomic E-state index is 12.7. The number of carbonyl (C=O) groups excluding carboxylic acids is 1. The predicted molar refractivity (Wildman–Crippen MR) is 104 cm³/mol. The lowest BCUT2D eigenvalue weighted by Crippen LogP contribution is -2.68. The number of hydrogen-bond donors (Lipinski definition) is 0. The minimum atomic E-state index is -3.19. The van der Waals surface area contributed by atoms with Crippen molar-refractivity contribution in [3.05, 3.63) is 29.6 Å². The number of amides is 1. The largest absolute Gasteiger partial charge is 0.375 e. The van der Waals surface area contributed by atoms with Crippen LogP contribution in [-0.2, 0) is 26.0 Å². The van der Waals surface area contributed by atoms with Gasteiger partial charge in [0.25, 0.3) is 0 Å². The molecule has 1 spiro atoms. The average molecular weight is 395 g/mol. The summed E-state index contributed by atoms with van der Waals surface area (Å²) in [5.41, 5.74) is 1.79. The van der Waals surface area contributed by atoms with E-state index in [1.165, 1.54) is 0 Å². The van der Waals surface area contributed by atoms with Crippen LogP contribution < -0.4 is 0 Å². The monoisotopic (exact) mass is 394 g/mol. The number of likely N-dealkylation sites (tertiary alicyclic amines) is 1. The molecule has 1 aromatic rings. The number of rotatable bonds is 7. The SMILES string of the molecule is Cc1cccc(COC[C@H]2CCS(=O)(=O)C23CN(C(=O)CCC(C)C)C3)n1. The van der Waals surface area contributed by atoms with Crippen molar-refractivity contribution in [2.45, 2.75) is 51.4 Å². The molecule has 1 amide bonds. The van der Waals surface area contributed by atoms with E-state index in [-0.39, 0.29) is 17.6 Å². The molecule has 3 heterocycles. The molecule has 7 heteroatoms. The molecule has 0 aliphatic carbocycles. The first-order chi connectivity index (χ1) is 12.7. The molecule has 2 fully saturated rings. The quantitative estimate of drug-likeness (QED) is 0.710. The van der Waals surface area contributed by atoms with E-state index in [4.69, 9.17) is 4.74 Å². The van der Waals surface area contributed by atoms with E-state index in [0.717, 1.165) is 17.8 Å². The van der Waals surface area contributed by atoms with Crippen LogP contribution in [0.5, 0.6) is 0 Å². The van der Waals surface area contributed by atoms with Crippen LogP contribution in [0.1, 0.15) is 44.5 Å². The van der Waals surface area contributed by atoms with Gasteiger partial charge in [-0.1, -0.05) is 19.9 Å². The van der Waals surface area contributed by atoms with Gasteiger partial charge in [-0.2, -0.15) is 0 Å². The van der Waals surface area contributed by atoms with Crippen LogP contribution in [0.3, 0.4) is 0 Å². The molecule has 1 aromatic heterocycles. The van der Waals surface area contributed by atoms with Gasteiger partial charge < -0.3 is 9.64 Å². The van der Waals surface area contributed by atoms with Crippen LogP contribution in [0.25, 0.3) is 0 Å². The highest BCUT2D eigenvalue weighted by Gasteiger charge is 2.62. The molecular formula is C20H30N2O4S. The van der Waals surface area contributed by atoms with Crippen molar-refractivity contribution in [1.82, 2.24) is 9.88 Å². The smallest absolute Gasteiger partial charge is 0.222 e. The molecule has 0 N–H and O–H groups in total. The Hall–Kier alpha value is -1.47. The Morgan fingerprint density at radius 3 is 2.78 bits per heavy atom. The third kappa shape index (κ3) is 4.19. The van der Waals surface area contributed by atoms with E-state index in [1.807, 2.05) is 25.1 Å². The Bertz CT molecular complexity index is 785. The highest BCUT2D eigenvalue weighted by Crippen LogP contribution is 2.45. The molecule has 3 rings (SSSR count). The Balaban J connectivity index is 1.57. The Morgan fingerprint density at radius 2 is 2.11 bits per heavy atom. The van der Waals surface area contributed by atoms with E-state index in [9.17, 15) is 13.2 Å². The van der Waals surface area contributed by atoms with Crippen molar-refractivity contribution in [3.8, 4) is 0 Å². The van der Waals surface area contributed by atoms with E-state index in [0.29, 0.717) is 45.1 Å². The molecule has 6 nitrogen and oxygen atoms in total. The lowest BCUT2D eigenvalue weighted by molar-refractivity contribution is -0.138. The van der Waals surface area contributed by atoms with Gasteiger partial charge >= 0.3 is 0 Å². The van der Waals surface area contributed by atoms with Crippen molar-refractivity contribution >= 4 is 15.7 Å².